The maximum absolute atomic E-state index is 15.8. The summed E-state index contributed by atoms with van der Waals surface area (Å²) in [5, 5.41) is 13.8. The van der Waals surface area contributed by atoms with E-state index in [9.17, 15) is 14.4 Å². The number of amides is 2. The number of aryl methyl sites for hydroxylation is 1. The summed E-state index contributed by atoms with van der Waals surface area (Å²) >= 11 is 12.4. The van der Waals surface area contributed by atoms with Crippen LogP contribution >= 0.6 is 23.2 Å². The van der Waals surface area contributed by atoms with E-state index < -0.39 is 17.8 Å². The van der Waals surface area contributed by atoms with Crippen LogP contribution in [-0.4, -0.2) is 46.9 Å². The molecule has 6 heterocycles. The van der Waals surface area contributed by atoms with Crippen molar-refractivity contribution in [3.8, 4) is 16.8 Å². The van der Waals surface area contributed by atoms with Crippen molar-refractivity contribution in [2.45, 2.75) is 24.8 Å². The molecular weight excluding hydrogens is 694 g/mol. The molecule has 51 heavy (non-hydrogen) atoms. The second kappa shape index (κ2) is 10.6. The number of carbonyl (C=O) groups is 2. The smallest absolute Gasteiger partial charge is 0.267 e. The van der Waals surface area contributed by atoms with Gasteiger partial charge in [0.05, 0.1) is 34.6 Å². The summed E-state index contributed by atoms with van der Waals surface area (Å²) in [6, 6.07) is 20.5. The van der Waals surface area contributed by atoms with E-state index in [4.69, 9.17) is 23.2 Å². The molecule has 11 nitrogen and oxygen atoms in total. The highest BCUT2D eigenvalue weighted by atomic mass is 35.5. The SMILES string of the molecule is Cn1nc(N2C(=O)c3ccccc3C2=O)c2ccc(C3=C(F)N=C([C@@H]4[C@H]5C[C@H]5c5cc(-c6cc(Cl)ccc6-n6cc(Cl)nn6)cc(=O)n54)C3)cc21. The Bertz CT molecular complexity index is 2670. The Morgan fingerprint density at radius 1 is 0.882 bits per heavy atom. The van der Waals surface area contributed by atoms with E-state index in [0.717, 1.165) is 17.0 Å². The van der Waals surface area contributed by atoms with Gasteiger partial charge in [-0.05, 0) is 72.0 Å². The molecule has 2 amide bonds. The molecule has 1 fully saturated rings. The minimum Gasteiger partial charge on any atom is -0.303 e. The molecule has 3 atom stereocenters. The number of hydrogen-bond acceptors (Lipinski definition) is 7. The number of aliphatic imine (C=N–C) groups is 1. The highest BCUT2D eigenvalue weighted by Gasteiger charge is 2.55. The lowest BCUT2D eigenvalue weighted by atomic mass is 9.97. The number of imide groups is 1. The van der Waals surface area contributed by atoms with Gasteiger partial charge in [0.1, 0.15) is 0 Å². The van der Waals surface area contributed by atoms with Gasteiger partial charge in [-0.2, -0.15) is 9.49 Å². The first-order chi connectivity index (χ1) is 24.7. The van der Waals surface area contributed by atoms with Crippen molar-refractivity contribution in [3.63, 3.8) is 0 Å². The number of benzene rings is 3. The number of allylic oxidation sites excluding steroid dienone is 1. The van der Waals surface area contributed by atoms with E-state index in [-0.39, 0.29) is 40.8 Å². The van der Waals surface area contributed by atoms with E-state index in [0.29, 0.717) is 60.7 Å². The predicted molar refractivity (Wildman–Crippen MR) is 189 cm³/mol. The van der Waals surface area contributed by atoms with Crippen molar-refractivity contribution in [2.75, 3.05) is 4.90 Å². The number of anilines is 1. The van der Waals surface area contributed by atoms with E-state index in [1.165, 1.54) is 0 Å². The number of nitrogens with zero attached hydrogens (tertiary/aromatic N) is 8. The van der Waals surface area contributed by atoms with Crippen LogP contribution < -0.4 is 10.5 Å². The van der Waals surface area contributed by atoms with Gasteiger partial charge in [0.25, 0.3) is 17.4 Å². The Morgan fingerprint density at radius 2 is 1.67 bits per heavy atom. The molecule has 3 aromatic heterocycles. The summed E-state index contributed by atoms with van der Waals surface area (Å²) in [4.78, 5) is 45.8. The topological polar surface area (TPSA) is 120 Å². The number of carbonyl (C=O) groups excluding carboxylic acids is 2. The van der Waals surface area contributed by atoms with E-state index >= 15 is 4.39 Å². The Labute approximate surface area is 297 Å². The third-order valence-electron chi connectivity index (χ3n) is 10.4. The summed E-state index contributed by atoms with van der Waals surface area (Å²) in [6.07, 6.45) is 2.68. The first-order valence-corrected chi connectivity index (χ1v) is 17.0. The number of rotatable bonds is 5. The Morgan fingerprint density at radius 3 is 2.41 bits per heavy atom. The van der Waals surface area contributed by atoms with Crippen LogP contribution in [0.15, 0.2) is 94.7 Å². The zero-order chi connectivity index (χ0) is 34.9. The second-order valence-corrected chi connectivity index (χ2v) is 14.0. The zero-order valence-corrected chi connectivity index (χ0v) is 28.1. The largest absolute Gasteiger partial charge is 0.303 e. The minimum absolute atomic E-state index is 0.133. The van der Waals surface area contributed by atoms with Crippen LogP contribution in [-0.2, 0) is 7.05 Å². The van der Waals surface area contributed by atoms with Crippen LogP contribution in [0.1, 0.15) is 56.8 Å². The number of aromatic nitrogens is 6. The van der Waals surface area contributed by atoms with Gasteiger partial charge in [-0.25, -0.2) is 14.6 Å². The standard InChI is InChI=1S/C37H23Cl2FN8O3/c1-45-29-10-17(6-8-22(29)35(43-45)48-36(50)20-4-2-3-5-21(20)37(48)51)24-15-27(41-34(24)40)33-26-14-25(26)30-11-18(12-32(49)47(30)33)23-13-19(38)7-9-28(23)46-16-31(39)42-44-46/h2-13,16,25-26,33H,14-15H2,1H3/t25-,26+,33+/m1/s1. The Hall–Kier alpha value is -5.72. The molecule has 3 aliphatic heterocycles. The predicted octanol–water partition coefficient (Wildman–Crippen LogP) is 6.93. The fourth-order valence-electron chi connectivity index (χ4n) is 7.98. The lowest BCUT2D eigenvalue weighted by Crippen LogP contribution is -2.30. The highest BCUT2D eigenvalue weighted by Crippen LogP contribution is 2.60. The first-order valence-electron chi connectivity index (χ1n) is 16.2. The van der Waals surface area contributed by atoms with Crippen molar-refractivity contribution in [2.24, 2.45) is 18.0 Å². The van der Waals surface area contributed by atoms with Crippen LogP contribution in [0.5, 0.6) is 0 Å². The van der Waals surface area contributed by atoms with Gasteiger partial charge in [0.15, 0.2) is 11.0 Å². The lowest BCUT2D eigenvalue weighted by molar-refractivity contribution is 0.0925. The Balaban J connectivity index is 0.962. The molecule has 3 aromatic carbocycles. The number of halogens is 3. The zero-order valence-electron chi connectivity index (χ0n) is 26.6. The molecule has 1 saturated carbocycles. The van der Waals surface area contributed by atoms with Gasteiger partial charge in [-0.15, -0.1) is 5.10 Å². The van der Waals surface area contributed by atoms with Gasteiger partial charge in [0, 0.05) is 58.4 Å². The maximum atomic E-state index is 15.8. The summed E-state index contributed by atoms with van der Waals surface area (Å²) in [6.45, 7) is 0. The number of pyridine rings is 1. The summed E-state index contributed by atoms with van der Waals surface area (Å²) in [5.41, 5.74) is 5.61. The van der Waals surface area contributed by atoms with Crippen molar-refractivity contribution in [1.29, 1.82) is 0 Å². The van der Waals surface area contributed by atoms with Crippen LogP contribution in [0.25, 0.3) is 33.3 Å². The molecule has 0 bridgehead atoms. The third-order valence-corrected chi connectivity index (χ3v) is 10.8. The van der Waals surface area contributed by atoms with Gasteiger partial charge < -0.3 is 4.57 Å². The van der Waals surface area contributed by atoms with Gasteiger partial charge >= 0.3 is 0 Å². The van der Waals surface area contributed by atoms with Crippen LogP contribution in [0.2, 0.25) is 10.2 Å². The third kappa shape index (κ3) is 4.39. The van der Waals surface area contributed by atoms with Crippen molar-refractivity contribution in [1.82, 2.24) is 29.3 Å². The molecule has 0 unspecified atom stereocenters. The Kier molecular flexibility index (Phi) is 6.29. The van der Waals surface area contributed by atoms with Gasteiger partial charge in [-0.3, -0.25) is 19.1 Å². The molecule has 0 saturated heterocycles. The van der Waals surface area contributed by atoms with E-state index in [2.05, 4.69) is 20.4 Å². The molecule has 250 valence electrons. The molecule has 14 heteroatoms. The molecular formula is C37H23Cl2FN8O3. The van der Waals surface area contributed by atoms with Crippen LogP contribution in [0.3, 0.4) is 0 Å². The maximum Gasteiger partial charge on any atom is 0.267 e. The molecule has 0 radical (unpaired) electrons. The van der Waals surface area contributed by atoms with Crippen molar-refractivity contribution in [3.05, 3.63) is 128 Å². The second-order valence-electron chi connectivity index (χ2n) is 13.2. The molecule has 1 aliphatic carbocycles. The molecule has 10 rings (SSSR count). The van der Waals surface area contributed by atoms with E-state index in [1.807, 2.05) is 6.07 Å². The van der Waals surface area contributed by atoms with Crippen molar-refractivity contribution >= 4 is 63.0 Å². The molecule has 0 spiro atoms. The average Bonchev–Trinajstić information content (AvgIpc) is 3.40. The van der Waals surface area contributed by atoms with Crippen molar-refractivity contribution < 1.29 is 14.0 Å². The molecule has 4 aliphatic rings. The minimum atomic E-state index is -0.600. The highest BCUT2D eigenvalue weighted by molar-refractivity contribution is 6.35. The summed E-state index contributed by atoms with van der Waals surface area (Å²) in [5.74, 6) is -0.974. The molecule has 0 N–H and O–H groups in total. The fraction of sp³-hybridized carbons (Fsp3) is 0.162. The normalized spacial score (nSPS) is 20.4. The molecule has 6 aromatic rings. The van der Waals surface area contributed by atoms with Gasteiger partial charge in [0.2, 0.25) is 5.95 Å². The van der Waals surface area contributed by atoms with Crippen LogP contribution in [0.4, 0.5) is 10.2 Å². The quantitative estimate of drug-likeness (QED) is 0.141. The number of hydrogen-bond donors (Lipinski definition) is 0. The number of fused-ring (bicyclic) bond motifs is 5. The fourth-order valence-corrected chi connectivity index (χ4v) is 8.28. The van der Waals surface area contributed by atoms with Crippen LogP contribution in [0, 0.1) is 5.92 Å². The van der Waals surface area contributed by atoms with E-state index in [1.54, 1.807) is 93.9 Å². The monoisotopic (exact) mass is 716 g/mol. The summed E-state index contributed by atoms with van der Waals surface area (Å²) < 4.78 is 20.7. The van der Waals surface area contributed by atoms with Gasteiger partial charge in [-0.1, -0.05) is 46.6 Å². The first kappa shape index (κ1) is 30.1. The summed E-state index contributed by atoms with van der Waals surface area (Å²) in [7, 11) is 1.71. The average molecular weight is 718 g/mol. The lowest BCUT2D eigenvalue weighted by Gasteiger charge is -2.20.